The Morgan fingerprint density at radius 2 is 1.95 bits per heavy atom. The molecule has 14 heteroatoms. The molecule has 0 amide bonds. The number of fused-ring (bicyclic) bond motifs is 1. The summed E-state index contributed by atoms with van der Waals surface area (Å²) in [5.74, 6) is -3.00. The molecule has 5 rings (SSSR count). The maximum Gasteiger partial charge on any atom is 0.328 e. The smallest absolute Gasteiger partial charge is 0.328 e. The molecule has 1 saturated carbocycles. The van der Waals surface area contributed by atoms with E-state index in [0.717, 1.165) is 12.8 Å². The summed E-state index contributed by atoms with van der Waals surface area (Å²) in [5.41, 5.74) is 7.61. The number of carbonyl (C=O) groups is 2. The van der Waals surface area contributed by atoms with Gasteiger partial charge in [-0.2, -0.15) is 15.5 Å². The van der Waals surface area contributed by atoms with Crippen LogP contribution >= 0.6 is 11.6 Å². The largest absolute Gasteiger partial charge is 0.489 e. The van der Waals surface area contributed by atoms with Gasteiger partial charge < -0.3 is 20.7 Å². The predicted molar refractivity (Wildman–Crippen MR) is 146 cm³/mol. The van der Waals surface area contributed by atoms with Gasteiger partial charge in [0, 0.05) is 42.8 Å². The monoisotopic (exact) mass is 580 g/mol. The van der Waals surface area contributed by atoms with Gasteiger partial charge in [-0.05, 0) is 30.5 Å². The average molecular weight is 581 g/mol. The van der Waals surface area contributed by atoms with E-state index in [1.54, 1.807) is 31.4 Å². The van der Waals surface area contributed by atoms with Crippen LogP contribution in [0.3, 0.4) is 0 Å². The van der Waals surface area contributed by atoms with Crippen LogP contribution in [0.15, 0.2) is 47.4 Å². The molecule has 2 aromatic heterocycles. The molecule has 0 radical (unpaired) electrons. The van der Waals surface area contributed by atoms with Gasteiger partial charge in [-0.3, -0.25) is 9.48 Å². The molecule has 5 N–H and O–H groups in total. The first-order valence-electron chi connectivity index (χ1n) is 12.0. The summed E-state index contributed by atoms with van der Waals surface area (Å²) in [5, 5.41) is 37.2. The molecule has 0 atom stereocenters. The molecule has 0 spiro atoms. The number of hydrogen-bond donors (Lipinski definition) is 4. The Morgan fingerprint density at radius 1 is 1.27 bits per heavy atom. The molecular weight excluding hydrogens is 559 g/mol. The van der Waals surface area contributed by atoms with E-state index in [4.69, 9.17) is 32.3 Å². The summed E-state index contributed by atoms with van der Waals surface area (Å²) in [6, 6.07) is 8.57. The van der Waals surface area contributed by atoms with Crippen molar-refractivity contribution in [2.24, 2.45) is 12.8 Å². The van der Waals surface area contributed by atoms with Crippen molar-refractivity contribution in [3.63, 3.8) is 0 Å². The lowest BCUT2D eigenvalue weighted by atomic mass is 9.95. The summed E-state index contributed by atoms with van der Waals surface area (Å²) < 4.78 is 22.7. The minimum absolute atomic E-state index is 0.00162. The first-order chi connectivity index (χ1) is 19.5. The number of nitrogens with two attached hydrogens (primary N) is 1. The number of aliphatic carboxylic acids is 2. The molecule has 1 aliphatic carbocycles. The van der Waals surface area contributed by atoms with Crippen molar-refractivity contribution in [3.05, 3.63) is 75.1 Å². The number of carboxylic acid groups (broad SMARTS) is 2. The minimum atomic E-state index is -1.26. The molecular formula is C27H22ClFN6O6. The number of aromatic nitrogens is 4. The number of nitrogens with zero attached hydrogens (tertiary/aromatic N) is 4. The van der Waals surface area contributed by atoms with Gasteiger partial charge >= 0.3 is 11.9 Å². The zero-order valence-corrected chi connectivity index (χ0v) is 22.1. The van der Waals surface area contributed by atoms with E-state index in [0.29, 0.717) is 45.4 Å². The molecule has 12 nitrogen and oxygen atoms in total. The van der Waals surface area contributed by atoms with Crippen molar-refractivity contribution in [3.8, 4) is 34.2 Å². The summed E-state index contributed by atoms with van der Waals surface area (Å²) in [4.78, 5) is 31.3. The average Bonchev–Trinajstić information content (AvgIpc) is 3.68. The molecule has 210 valence electrons. The highest BCUT2D eigenvalue weighted by molar-refractivity contribution is 6.31. The Hall–Kier alpha value is -5.06. The predicted octanol–water partition coefficient (Wildman–Crippen LogP) is 3.37. The zero-order valence-electron chi connectivity index (χ0n) is 21.4. The van der Waals surface area contributed by atoms with Gasteiger partial charge in [0.2, 0.25) is 0 Å². The van der Waals surface area contributed by atoms with Crippen LogP contribution < -0.4 is 16.0 Å². The van der Waals surface area contributed by atoms with Crippen molar-refractivity contribution in [2.75, 3.05) is 0 Å². The molecule has 1 aliphatic rings. The van der Waals surface area contributed by atoms with Crippen LogP contribution in [-0.2, 0) is 23.2 Å². The molecule has 2 heterocycles. The number of benzene rings is 2. The van der Waals surface area contributed by atoms with Gasteiger partial charge in [0.15, 0.2) is 5.82 Å². The zero-order chi connectivity index (χ0) is 29.8. The van der Waals surface area contributed by atoms with E-state index >= 15 is 4.39 Å². The van der Waals surface area contributed by atoms with E-state index in [1.165, 1.54) is 10.7 Å². The lowest BCUT2D eigenvalue weighted by Crippen LogP contribution is -2.13. The van der Waals surface area contributed by atoms with E-state index in [-0.39, 0.29) is 40.1 Å². The number of hydrogen-bond acceptors (Lipinski definition) is 8. The summed E-state index contributed by atoms with van der Waals surface area (Å²) >= 11 is 6.20. The van der Waals surface area contributed by atoms with E-state index < -0.39 is 17.8 Å². The number of H-pyrrole nitrogens is 1. The molecule has 2 aromatic carbocycles. The van der Waals surface area contributed by atoms with E-state index in [1.807, 2.05) is 0 Å². The highest BCUT2D eigenvalue weighted by atomic mass is 35.5. The van der Waals surface area contributed by atoms with Gasteiger partial charge in [-0.1, -0.05) is 17.7 Å². The van der Waals surface area contributed by atoms with Gasteiger partial charge in [0.05, 0.1) is 39.7 Å². The van der Waals surface area contributed by atoms with Crippen molar-refractivity contribution >= 4 is 34.3 Å². The van der Waals surface area contributed by atoms with Crippen LogP contribution in [0.4, 0.5) is 4.39 Å². The van der Waals surface area contributed by atoms with E-state index in [2.05, 4.69) is 21.4 Å². The Morgan fingerprint density at radius 3 is 2.54 bits per heavy atom. The Balaban J connectivity index is 0.000000426. The van der Waals surface area contributed by atoms with Crippen LogP contribution in [0.1, 0.15) is 24.1 Å². The summed E-state index contributed by atoms with van der Waals surface area (Å²) in [6.07, 6.45) is 4.44. The standard InChI is InChI=1S/C23H18ClFN6O2.C4H4O4/c1-31-22(20-15(8-26)19(33-12-3-4-12)7-17(24)21(20)25)16(10-28-31)11-2-5-13-14(6-11)18(9-27)29-30-23(13)32;5-3(6)1-2-4(7)8/h2,5-7,10,12H,3-4,9,27H2,1H3,(H,30,32);1-2H,(H,5,6)(H,7,8)/b;2-1+. The van der Waals surface area contributed by atoms with Crippen LogP contribution in [0.2, 0.25) is 5.02 Å². The van der Waals surface area contributed by atoms with Gasteiger partial charge in [0.1, 0.15) is 17.4 Å². The molecule has 1 fully saturated rings. The van der Waals surface area contributed by atoms with Gasteiger partial charge in [-0.15, -0.1) is 0 Å². The minimum Gasteiger partial charge on any atom is -0.489 e. The second kappa shape index (κ2) is 12.0. The fourth-order valence-corrected chi connectivity index (χ4v) is 4.22. The number of aromatic amines is 1. The van der Waals surface area contributed by atoms with Gasteiger partial charge in [-0.25, -0.2) is 19.1 Å². The number of carboxylic acids is 2. The van der Waals surface area contributed by atoms with Crippen molar-refractivity contribution in [1.29, 1.82) is 5.26 Å². The maximum absolute atomic E-state index is 15.4. The number of ether oxygens (including phenoxy) is 1. The molecule has 41 heavy (non-hydrogen) atoms. The maximum atomic E-state index is 15.4. The molecule has 0 unspecified atom stereocenters. The highest BCUT2D eigenvalue weighted by Gasteiger charge is 2.29. The Labute approximate surface area is 236 Å². The van der Waals surface area contributed by atoms with Crippen LogP contribution in [0.25, 0.3) is 33.2 Å². The summed E-state index contributed by atoms with van der Waals surface area (Å²) in [6.45, 7) is 0.125. The second-order valence-corrected chi connectivity index (χ2v) is 9.26. The number of halogens is 2. The summed E-state index contributed by atoms with van der Waals surface area (Å²) in [7, 11) is 1.65. The van der Waals surface area contributed by atoms with Crippen molar-refractivity contribution in [1.82, 2.24) is 20.0 Å². The van der Waals surface area contributed by atoms with Crippen molar-refractivity contribution in [2.45, 2.75) is 25.5 Å². The normalized spacial score (nSPS) is 12.6. The number of aryl methyl sites for hydroxylation is 1. The number of rotatable bonds is 7. The second-order valence-electron chi connectivity index (χ2n) is 8.85. The first-order valence-corrected chi connectivity index (χ1v) is 12.4. The number of nitrogens with one attached hydrogen (secondary N) is 1. The fraction of sp³-hybridized carbons (Fsp3) is 0.185. The van der Waals surface area contributed by atoms with Crippen molar-refractivity contribution < 1.29 is 28.9 Å². The van der Waals surface area contributed by atoms with Gasteiger partial charge in [0.25, 0.3) is 5.56 Å². The topological polar surface area (TPSA) is 197 Å². The molecule has 0 bridgehead atoms. The first kappa shape index (κ1) is 28.9. The van der Waals surface area contributed by atoms with Crippen LogP contribution in [0.5, 0.6) is 5.75 Å². The van der Waals surface area contributed by atoms with E-state index in [9.17, 15) is 19.6 Å². The Bertz CT molecular complexity index is 1790. The quantitative estimate of drug-likeness (QED) is 0.235. The molecule has 4 aromatic rings. The third kappa shape index (κ3) is 6.24. The van der Waals surface area contributed by atoms with Crippen LogP contribution in [0, 0.1) is 17.1 Å². The molecule has 0 saturated heterocycles. The third-order valence-electron chi connectivity index (χ3n) is 6.03. The lowest BCUT2D eigenvalue weighted by Gasteiger charge is -2.15. The highest BCUT2D eigenvalue weighted by Crippen LogP contribution is 2.43. The number of nitriles is 1. The third-order valence-corrected chi connectivity index (χ3v) is 6.30. The molecule has 0 aliphatic heterocycles. The van der Waals surface area contributed by atoms with Crippen LogP contribution in [-0.4, -0.2) is 48.2 Å². The Kier molecular flexibility index (Phi) is 8.46. The lowest BCUT2D eigenvalue weighted by molar-refractivity contribution is -0.134. The fourth-order valence-electron chi connectivity index (χ4n) is 4.03. The SMILES string of the molecule is Cn1ncc(-c2ccc3c(=O)[nH]nc(CN)c3c2)c1-c1c(F)c(Cl)cc(OC2CC2)c1C#N.O=C(O)/C=C/C(=O)O.